The standard InChI is InChI=1S/C15H12Br2N2O/c1-8-11(16)13(18)12(17)14-15(8)20-10(19-14)7-9-5-3-2-4-6-9/h2-6H,7,18H2,1H3. The van der Waals surface area contributed by atoms with Gasteiger partial charge in [-0.2, -0.15) is 0 Å². The highest BCUT2D eigenvalue weighted by Gasteiger charge is 2.17. The number of nitrogens with two attached hydrogens (primary N) is 1. The van der Waals surface area contributed by atoms with Gasteiger partial charge in [0.15, 0.2) is 11.5 Å². The molecule has 2 N–H and O–H groups in total. The summed E-state index contributed by atoms with van der Waals surface area (Å²) in [4.78, 5) is 4.56. The molecule has 0 unspecified atom stereocenters. The molecular formula is C15H12Br2N2O. The van der Waals surface area contributed by atoms with Crippen molar-refractivity contribution in [3.05, 3.63) is 56.3 Å². The number of rotatable bonds is 2. The largest absolute Gasteiger partial charge is 0.440 e. The van der Waals surface area contributed by atoms with Crippen LogP contribution < -0.4 is 5.73 Å². The number of nitrogen functional groups attached to an aromatic ring is 1. The van der Waals surface area contributed by atoms with Crippen molar-refractivity contribution >= 4 is 48.6 Å². The second-order valence-corrected chi connectivity index (χ2v) is 6.20. The number of benzene rings is 2. The molecule has 0 aliphatic carbocycles. The normalized spacial score (nSPS) is 11.2. The van der Waals surface area contributed by atoms with Crippen molar-refractivity contribution in [2.24, 2.45) is 0 Å². The highest BCUT2D eigenvalue weighted by atomic mass is 79.9. The molecule has 0 saturated heterocycles. The van der Waals surface area contributed by atoms with E-state index in [9.17, 15) is 0 Å². The molecule has 3 nitrogen and oxygen atoms in total. The predicted molar refractivity (Wildman–Crippen MR) is 87.8 cm³/mol. The van der Waals surface area contributed by atoms with Crippen LogP contribution in [-0.2, 0) is 6.42 Å². The Bertz CT molecular complexity index is 737. The van der Waals surface area contributed by atoms with E-state index in [0.29, 0.717) is 18.0 Å². The highest BCUT2D eigenvalue weighted by Crippen LogP contribution is 2.39. The van der Waals surface area contributed by atoms with Crippen molar-refractivity contribution < 1.29 is 4.42 Å². The minimum absolute atomic E-state index is 0.648. The fraction of sp³-hybridized carbons (Fsp3) is 0.133. The van der Waals surface area contributed by atoms with Crippen molar-refractivity contribution in [2.75, 3.05) is 5.73 Å². The second kappa shape index (κ2) is 5.22. The van der Waals surface area contributed by atoms with Gasteiger partial charge in [0.05, 0.1) is 10.2 Å². The molecule has 0 saturated carbocycles. The third-order valence-corrected chi connectivity index (χ3v) is 5.04. The molecule has 0 amide bonds. The van der Waals surface area contributed by atoms with Crippen LogP contribution in [0.15, 0.2) is 43.7 Å². The first-order valence-corrected chi connectivity index (χ1v) is 7.73. The number of oxazole rings is 1. The number of aryl methyl sites for hydroxylation is 1. The van der Waals surface area contributed by atoms with E-state index in [2.05, 4.69) is 49.0 Å². The average Bonchev–Trinajstić information content (AvgIpc) is 2.88. The van der Waals surface area contributed by atoms with E-state index in [0.717, 1.165) is 25.6 Å². The van der Waals surface area contributed by atoms with Crippen molar-refractivity contribution in [1.29, 1.82) is 0 Å². The molecule has 1 aromatic heterocycles. The van der Waals surface area contributed by atoms with Crippen LogP contribution in [0.3, 0.4) is 0 Å². The first-order chi connectivity index (χ1) is 9.58. The van der Waals surface area contributed by atoms with Crippen molar-refractivity contribution in [3.63, 3.8) is 0 Å². The Hall–Kier alpha value is -1.33. The Labute approximate surface area is 133 Å². The van der Waals surface area contributed by atoms with Gasteiger partial charge in [0.25, 0.3) is 0 Å². The summed E-state index contributed by atoms with van der Waals surface area (Å²) in [5.74, 6) is 0.688. The van der Waals surface area contributed by atoms with E-state index in [4.69, 9.17) is 10.2 Å². The molecular weight excluding hydrogens is 384 g/mol. The van der Waals surface area contributed by atoms with Gasteiger partial charge in [0.2, 0.25) is 0 Å². The van der Waals surface area contributed by atoms with Gasteiger partial charge in [-0.05, 0) is 44.3 Å². The number of anilines is 1. The van der Waals surface area contributed by atoms with Crippen LogP contribution in [0.1, 0.15) is 17.0 Å². The predicted octanol–water partition coefficient (Wildman–Crippen LogP) is 4.83. The maximum Gasteiger partial charge on any atom is 0.199 e. The lowest BCUT2D eigenvalue weighted by atomic mass is 10.1. The van der Waals surface area contributed by atoms with Gasteiger partial charge in [-0.1, -0.05) is 30.3 Å². The summed E-state index contributed by atoms with van der Waals surface area (Å²) in [5, 5.41) is 0. The third-order valence-electron chi connectivity index (χ3n) is 3.22. The number of hydrogen-bond acceptors (Lipinski definition) is 3. The summed E-state index contributed by atoms with van der Waals surface area (Å²) in [7, 11) is 0. The zero-order valence-corrected chi connectivity index (χ0v) is 14.0. The molecule has 3 aromatic rings. The second-order valence-electron chi connectivity index (χ2n) is 4.61. The molecule has 5 heteroatoms. The van der Waals surface area contributed by atoms with Gasteiger partial charge in [0.1, 0.15) is 5.52 Å². The number of nitrogens with zero attached hydrogens (tertiary/aromatic N) is 1. The molecule has 0 fully saturated rings. The Balaban J connectivity index is 2.12. The van der Waals surface area contributed by atoms with Crippen LogP contribution >= 0.6 is 31.9 Å². The van der Waals surface area contributed by atoms with Gasteiger partial charge in [-0.3, -0.25) is 0 Å². The minimum Gasteiger partial charge on any atom is -0.440 e. The molecule has 3 rings (SSSR count). The van der Waals surface area contributed by atoms with Gasteiger partial charge in [0, 0.05) is 16.5 Å². The number of fused-ring (bicyclic) bond motifs is 1. The topological polar surface area (TPSA) is 52.0 Å². The molecule has 0 atom stereocenters. The maximum absolute atomic E-state index is 6.04. The summed E-state index contributed by atoms with van der Waals surface area (Å²) in [6.45, 7) is 1.96. The fourth-order valence-electron chi connectivity index (χ4n) is 2.14. The first-order valence-electron chi connectivity index (χ1n) is 6.14. The van der Waals surface area contributed by atoms with Gasteiger partial charge in [-0.25, -0.2) is 4.98 Å². The summed E-state index contributed by atoms with van der Waals surface area (Å²) in [6, 6.07) is 10.1. The number of halogens is 2. The Morgan fingerprint density at radius 2 is 1.85 bits per heavy atom. The number of hydrogen-bond donors (Lipinski definition) is 1. The molecule has 20 heavy (non-hydrogen) atoms. The smallest absolute Gasteiger partial charge is 0.199 e. The van der Waals surface area contributed by atoms with Crippen LogP contribution in [-0.4, -0.2) is 4.98 Å². The van der Waals surface area contributed by atoms with Crippen LogP contribution in [0.5, 0.6) is 0 Å². The third kappa shape index (κ3) is 2.25. The fourth-order valence-corrected chi connectivity index (χ4v) is 3.25. The Kier molecular flexibility index (Phi) is 3.56. The SMILES string of the molecule is Cc1c(Br)c(N)c(Br)c2nc(Cc3ccccc3)oc12. The lowest BCUT2D eigenvalue weighted by molar-refractivity contribution is 0.542. The van der Waals surface area contributed by atoms with Gasteiger partial charge >= 0.3 is 0 Å². The summed E-state index contributed by atoms with van der Waals surface area (Å²) >= 11 is 6.97. The summed E-state index contributed by atoms with van der Waals surface area (Å²) in [5.41, 5.74) is 10.4. The summed E-state index contributed by atoms with van der Waals surface area (Å²) < 4.78 is 7.51. The van der Waals surface area contributed by atoms with Crippen LogP contribution in [0.4, 0.5) is 5.69 Å². The Morgan fingerprint density at radius 3 is 2.55 bits per heavy atom. The molecule has 1 heterocycles. The molecule has 102 valence electrons. The van der Waals surface area contributed by atoms with Crippen LogP contribution in [0.2, 0.25) is 0 Å². The molecule has 0 bridgehead atoms. The van der Waals surface area contributed by atoms with Crippen molar-refractivity contribution in [2.45, 2.75) is 13.3 Å². The molecule has 0 spiro atoms. The average molecular weight is 396 g/mol. The van der Waals surface area contributed by atoms with Crippen LogP contribution in [0.25, 0.3) is 11.1 Å². The maximum atomic E-state index is 6.04. The van der Waals surface area contributed by atoms with E-state index in [1.807, 2.05) is 25.1 Å². The van der Waals surface area contributed by atoms with Crippen molar-refractivity contribution in [3.8, 4) is 0 Å². The van der Waals surface area contributed by atoms with E-state index in [1.54, 1.807) is 0 Å². The van der Waals surface area contributed by atoms with Gasteiger partial charge in [-0.15, -0.1) is 0 Å². The van der Waals surface area contributed by atoms with E-state index in [-0.39, 0.29) is 0 Å². The zero-order chi connectivity index (χ0) is 14.3. The van der Waals surface area contributed by atoms with E-state index < -0.39 is 0 Å². The van der Waals surface area contributed by atoms with Gasteiger partial charge < -0.3 is 10.2 Å². The zero-order valence-electron chi connectivity index (χ0n) is 10.8. The Morgan fingerprint density at radius 1 is 1.15 bits per heavy atom. The molecule has 0 aliphatic rings. The van der Waals surface area contributed by atoms with Crippen molar-refractivity contribution in [1.82, 2.24) is 4.98 Å². The highest BCUT2D eigenvalue weighted by molar-refractivity contribution is 9.11. The lowest BCUT2D eigenvalue weighted by Gasteiger charge is -2.05. The van der Waals surface area contributed by atoms with E-state index in [1.165, 1.54) is 5.56 Å². The van der Waals surface area contributed by atoms with Crippen LogP contribution in [0, 0.1) is 6.92 Å². The quantitative estimate of drug-likeness (QED) is 0.632. The number of aromatic nitrogens is 1. The molecule has 0 aliphatic heterocycles. The lowest BCUT2D eigenvalue weighted by Crippen LogP contribution is -1.92. The minimum atomic E-state index is 0.648. The summed E-state index contributed by atoms with van der Waals surface area (Å²) in [6.07, 6.45) is 0.666. The monoisotopic (exact) mass is 394 g/mol. The van der Waals surface area contributed by atoms with E-state index >= 15 is 0 Å². The molecule has 2 aromatic carbocycles. The molecule has 0 radical (unpaired) electrons. The first kappa shape index (κ1) is 13.6.